The van der Waals surface area contributed by atoms with Gasteiger partial charge in [0.1, 0.15) is 0 Å². The third-order valence-corrected chi connectivity index (χ3v) is 5.67. The van der Waals surface area contributed by atoms with Gasteiger partial charge in [0.15, 0.2) is 17.5 Å². The highest BCUT2D eigenvalue weighted by Crippen LogP contribution is 2.41. The van der Waals surface area contributed by atoms with Gasteiger partial charge in [0.25, 0.3) is 0 Å². The van der Waals surface area contributed by atoms with Crippen LogP contribution in [0.4, 0.5) is 0 Å². The molecule has 2 N–H and O–H groups in total. The van der Waals surface area contributed by atoms with Gasteiger partial charge in [-0.05, 0) is 50.3 Å². The van der Waals surface area contributed by atoms with Crippen LogP contribution >= 0.6 is 0 Å². The standard InChI is InChI=1S/C21H29N3O3/c1-2-22-20(24-17-5-3-4-6-17)23-14-21(9-11-25-12-10-21)16-7-8-18-19(13-16)27-15-26-18/h3-4,7-8,13,17H,2,5-6,9-12,14-15H2,1H3,(H2,22,23,24). The smallest absolute Gasteiger partial charge is 0.231 e. The quantitative estimate of drug-likeness (QED) is 0.473. The number of nitrogens with one attached hydrogen (secondary N) is 2. The monoisotopic (exact) mass is 371 g/mol. The Morgan fingerprint density at radius 3 is 2.70 bits per heavy atom. The van der Waals surface area contributed by atoms with E-state index in [0.29, 0.717) is 12.8 Å². The number of nitrogens with zero attached hydrogens (tertiary/aromatic N) is 1. The third kappa shape index (κ3) is 4.05. The average molecular weight is 371 g/mol. The van der Waals surface area contributed by atoms with Crippen molar-refractivity contribution in [3.63, 3.8) is 0 Å². The topological polar surface area (TPSA) is 64.1 Å². The van der Waals surface area contributed by atoms with E-state index in [9.17, 15) is 0 Å². The Balaban J connectivity index is 1.55. The maximum absolute atomic E-state index is 5.66. The van der Waals surface area contributed by atoms with Gasteiger partial charge in [-0.15, -0.1) is 0 Å². The van der Waals surface area contributed by atoms with Crippen molar-refractivity contribution in [2.75, 3.05) is 33.1 Å². The van der Waals surface area contributed by atoms with Crippen molar-refractivity contribution in [2.45, 2.75) is 44.1 Å². The molecule has 3 aliphatic rings. The van der Waals surface area contributed by atoms with Crippen LogP contribution in [0.1, 0.15) is 38.2 Å². The Morgan fingerprint density at radius 2 is 1.93 bits per heavy atom. The summed E-state index contributed by atoms with van der Waals surface area (Å²) in [7, 11) is 0. The fourth-order valence-electron chi connectivity index (χ4n) is 4.01. The largest absolute Gasteiger partial charge is 0.454 e. The SMILES string of the molecule is CCNC(=NCC1(c2ccc3c(c2)OCO3)CCOCC1)NC1CC=CC1. The minimum Gasteiger partial charge on any atom is -0.454 e. The van der Waals surface area contributed by atoms with Gasteiger partial charge in [0.2, 0.25) is 6.79 Å². The maximum atomic E-state index is 5.66. The summed E-state index contributed by atoms with van der Waals surface area (Å²) in [6.45, 7) is 5.52. The number of hydrogen-bond donors (Lipinski definition) is 2. The fraction of sp³-hybridized carbons (Fsp3) is 0.571. The van der Waals surface area contributed by atoms with Crippen molar-refractivity contribution in [3.05, 3.63) is 35.9 Å². The molecule has 0 amide bonds. The highest BCUT2D eigenvalue weighted by atomic mass is 16.7. The molecule has 1 aromatic rings. The molecule has 6 nitrogen and oxygen atoms in total. The summed E-state index contributed by atoms with van der Waals surface area (Å²) in [5.41, 5.74) is 1.23. The van der Waals surface area contributed by atoms with Crippen molar-refractivity contribution in [1.82, 2.24) is 10.6 Å². The molecule has 0 aromatic heterocycles. The Hall–Kier alpha value is -2.21. The zero-order valence-electron chi connectivity index (χ0n) is 16.0. The van der Waals surface area contributed by atoms with Crippen LogP contribution in [0.25, 0.3) is 0 Å². The molecule has 4 rings (SSSR count). The first-order chi connectivity index (χ1) is 13.3. The molecular formula is C21H29N3O3. The maximum Gasteiger partial charge on any atom is 0.231 e. The normalized spacial score (nSPS) is 21.4. The van der Waals surface area contributed by atoms with E-state index in [1.807, 2.05) is 6.07 Å². The van der Waals surface area contributed by atoms with Crippen LogP contribution in [0.5, 0.6) is 11.5 Å². The van der Waals surface area contributed by atoms with E-state index in [1.165, 1.54) is 5.56 Å². The predicted octanol–water partition coefficient (Wildman–Crippen LogP) is 2.74. The van der Waals surface area contributed by atoms with Crippen molar-refractivity contribution in [3.8, 4) is 11.5 Å². The van der Waals surface area contributed by atoms with E-state index in [4.69, 9.17) is 19.2 Å². The van der Waals surface area contributed by atoms with E-state index in [0.717, 1.165) is 69.4 Å². The second-order valence-electron chi connectivity index (χ2n) is 7.44. The van der Waals surface area contributed by atoms with Crippen LogP contribution < -0.4 is 20.1 Å². The van der Waals surface area contributed by atoms with E-state index in [2.05, 4.69) is 41.8 Å². The molecule has 1 fully saturated rings. The molecule has 0 atom stereocenters. The lowest BCUT2D eigenvalue weighted by atomic mass is 9.74. The van der Waals surface area contributed by atoms with Crippen LogP contribution in [0.3, 0.4) is 0 Å². The molecule has 1 saturated heterocycles. The van der Waals surface area contributed by atoms with Gasteiger partial charge in [-0.2, -0.15) is 0 Å². The summed E-state index contributed by atoms with van der Waals surface area (Å²) in [6.07, 6.45) is 8.50. The Morgan fingerprint density at radius 1 is 1.15 bits per heavy atom. The van der Waals surface area contributed by atoms with Crippen molar-refractivity contribution >= 4 is 5.96 Å². The molecule has 0 bridgehead atoms. The molecular weight excluding hydrogens is 342 g/mol. The molecule has 2 heterocycles. The zero-order valence-corrected chi connectivity index (χ0v) is 16.0. The Labute approximate surface area is 161 Å². The number of ether oxygens (including phenoxy) is 3. The highest BCUT2D eigenvalue weighted by molar-refractivity contribution is 5.80. The van der Waals surface area contributed by atoms with E-state index < -0.39 is 0 Å². The lowest BCUT2D eigenvalue weighted by molar-refractivity contribution is 0.0530. The Kier molecular flexibility index (Phi) is 5.53. The molecule has 1 aromatic carbocycles. The lowest BCUT2D eigenvalue weighted by Gasteiger charge is -2.37. The minimum absolute atomic E-state index is 0.0322. The zero-order chi connectivity index (χ0) is 18.5. The molecule has 27 heavy (non-hydrogen) atoms. The summed E-state index contributed by atoms with van der Waals surface area (Å²) >= 11 is 0. The molecule has 2 aliphatic heterocycles. The van der Waals surface area contributed by atoms with Gasteiger partial charge in [-0.25, -0.2) is 0 Å². The van der Waals surface area contributed by atoms with E-state index in [-0.39, 0.29) is 5.41 Å². The molecule has 0 radical (unpaired) electrons. The van der Waals surface area contributed by atoms with Crippen molar-refractivity contribution in [1.29, 1.82) is 0 Å². The van der Waals surface area contributed by atoms with Crippen molar-refractivity contribution < 1.29 is 14.2 Å². The van der Waals surface area contributed by atoms with Gasteiger partial charge in [-0.1, -0.05) is 18.2 Å². The molecule has 6 heteroatoms. The van der Waals surface area contributed by atoms with E-state index >= 15 is 0 Å². The summed E-state index contributed by atoms with van der Waals surface area (Å²) in [6, 6.07) is 6.76. The number of rotatable bonds is 5. The number of guanidine groups is 1. The van der Waals surface area contributed by atoms with Gasteiger partial charge in [0.05, 0.1) is 6.54 Å². The first-order valence-electron chi connectivity index (χ1n) is 9.97. The van der Waals surface area contributed by atoms with E-state index in [1.54, 1.807) is 0 Å². The minimum atomic E-state index is -0.0322. The summed E-state index contributed by atoms with van der Waals surface area (Å²) in [5.74, 6) is 2.57. The summed E-state index contributed by atoms with van der Waals surface area (Å²) in [5, 5.41) is 6.96. The molecule has 0 unspecified atom stereocenters. The molecule has 1 aliphatic carbocycles. The first-order valence-corrected chi connectivity index (χ1v) is 9.97. The number of aliphatic imine (C=N–C) groups is 1. The van der Waals surface area contributed by atoms with Crippen LogP contribution in [0.15, 0.2) is 35.3 Å². The molecule has 0 spiro atoms. The van der Waals surface area contributed by atoms with Gasteiger partial charge in [0, 0.05) is 31.2 Å². The van der Waals surface area contributed by atoms with Crippen LogP contribution in [-0.2, 0) is 10.2 Å². The Bertz CT molecular complexity index is 703. The predicted molar refractivity (Wildman–Crippen MR) is 106 cm³/mol. The third-order valence-electron chi connectivity index (χ3n) is 5.67. The second-order valence-corrected chi connectivity index (χ2v) is 7.44. The number of fused-ring (bicyclic) bond motifs is 1. The van der Waals surface area contributed by atoms with Crippen LogP contribution in [0, 0.1) is 0 Å². The van der Waals surface area contributed by atoms with Gasteiger partial charge < -0.3 is 24.8 Å². The highest BCUT2D eigenvalue weighted by Gasteiger charge is 2.35. The fourth-order valence-corrected chi connectivity index (χ4v) is 4.01. The summed E-state index contributed by atoms with van der Waals surface area (Å²) in [4.78, 5) is 4.98. The second kappa shape index (κ2) is 8.21. The van der Waals surface area contributed by atoms with Gasteiger partial charge in [-0.3, -0.25) is 4.99 Å². The summed E-state index contributed by atoms with van der Waals surface area (Å²) < 4.78 is 16.7. The molecule has 146 valence electrons. The van der Waals surface area contributed by atoms with Gasteiger partial charge >= 0.3 is 0 Å². The number of hydrogen-bond acceptors (Lipinski definition) is 4. The van der Waals surface area contributed by atoms with Crippen molar-refractivity contribution in [2.24, 2.45) is 4.99 Å². The van der Waals surface area contributed by atoms with Crippen LogP contribution in [0.2, 0.25) is 0 Å². The molecule has 0 saturated carbocycles. The van der Waals surface area contributed by atoms with Crippen LogP contribution in [-0.4, -0.2) is 45.1 Å². The average Bonchev–Trinajstić information content (AvgIpc) is 3.38. The number of benzene rings is 1. The lowest BCUT2D eigenvalue weighted by Crippen LogP contribution is -2.44. The first kappa shape index (κ1) is 18.2.